The van der Waals surface area contributed by atoms with E-state index in [1.54, 1.807) is 0 Å². The summed E-state index contributed by atoms with van der Waals surface area (Å²) in [5.41, 5.74) is -6.12. The number of carbonyl (C=O) groups excluding carboxylic acids is 3. The number of phenols is 9. The fourth-order valence-corrected chi connectivity index (χ4v) is 5.92. The Morgan fingerprint density at radius 3 is 1.84 bits per heavy atom. The normalized spacial score (nSPS) is 26.8. The van der Waals surface area contributed by atoms with Gasteiger partial charge in [-0.3, -0.25) is 4.79 Å². The third kappa shape index (κ3) is 4.09. The number of benzene rings is 3. The maximum Gasteiger partial charge on any atom is 0.340 e. The highest BCUT2D eigenvalue weighted by Gasteiger charge is 2.78. The van der Waals surface area contributed by atoms with Crippen molar-refractivity contribution in [2.24, 2.45) is 11.8 Å². The Bertz CT molecular complexity index is 1810. The van der Waals surface area contributed by atoms with E-state index in [0.717, 1.165) is 0 Å². The highest BCUT2D eigenvalue weighted by Crippen LogP contribution is 2.62. The van der Waals surface area contributed by atoms with Gasteiger partial charge in [-0.15, -0.1) is 0 Å². The van der Waals surface area contributed by atoms with Crippen LogP contribution in [0.25, 0.3) is 11.1 Å². The van der Waals surface area contributed by atoms with E-state index in [4.69, 9.17) is 14.2 Å². The van der Waals surface area contributed by atoms with Gasteiger partial charge < -0.3 is 70.4 Å². The molecule has 17 heteroatoms. The maximum absolute atomic E-state index is 14.0. The van der Waals surface area contributed by atoms with Crippen LogP contribution in [-0.4, -0.2) is 105 Å². The largest absolute Gasteiger partial charge is 0.504 e. The van der Waals surface area contributed by atoms with Crippen LogP contribution in [-0.2, 0) is 14.2 Å². The lowest BCUT2D eigenvalue weighted by Crippen LogP contribution is -2.53. The monoisotopic (exact) mass is 630 g/mol. The number of aliphatic hydroxyl groups excluding tert-OH is 1. The lowest BCUT2D eigenvalue weighted by Gasteiger charge is -2.35. The first kappa shape index (κ1) is 29.4. The predicted molar refractivity (Wildman–Crippen MR) is 140 cm³/mol. The quantitative estimate of drug-likeness (QED) is 0.131. The van der Waals surface area contributed by atoms with Crippen molar-refractivity contribution in [3.05, 3.63) is 41.0 Å². The van der Waals surface area contributed by atoms with Crippen molar-refractivity contribution < 1.29 is 84.8 Å². The first-order chi connectivity index (χ1) is 21.1. The number of phenolic OH excluding ortho intramolecular Hbond substituents is 9. The molecular formula is C28H22O17. The molecule has 6 unspecified atom stereocenters. The molecule has 6 rings (SSSR count). The van der Waals surface area contributed by atoms with Crippen molar-refractivity contribution in [2.75, 3.05) is 6.61 Å². The van der Waals surface area contributed by atoms with Gasteiger partial charge in [0.2, 0.25) is 17.8 Å². The Morgan fingerprint density at radius 1 is 0.756 bits per heavy atom. The zero-order chi connectivity index (χ0) is 32.9. The summed E-state index contributed by atoms with van der Waals surface area (Å²) < 4.78 is 16.0. The van der Waals surface area contributed by atoms with Gasteiger partial charge in [0.05, 0.1) is 17.0 Å². The minimum Gasteiger partial charge on any atom is -0.504 e. The van der Waals surface area contributed by atoms with Gasteiger partial charge in [0.15, 0.2) is 46.0 Å². The number of esters is 2. The predicted octanol–water partition coefficient (Wildman–Crippen LogP) is -0.0230. The molecule has 6 atom stereocenters. The minimum absolute atomic E-state index is 0.535. The number of hydrogen-bond acceptors (Lipinski definition) is 17. The van der Waals surface area contributed by atoms with Gasteiger partial charge in [0.1, 0.15) is 24.4 Å². The van der Waals surface area contributed by atoms with E-state index in [0.29, 0.717) is 24.3 Å². The van der Waals surface area contributed by atoms with E-state index in [-0.39, 0.29) is 0 Å². The lowest BCUT2D eigenvalue weighted by atomic mass is 9.88. The van der Waals surface area contributed by atoms with Gasteiger partial charge in [0.25, 0.3) is 0 Å². The summed E-state index contributed by atoms with van der Waals surface area (Å²) in [7, 11) is 0. The Morgan fingerprint density at radius 2 is 1.27 bits per heavy atom. The summed E-state index contributed by atoms with van der Waals surface area (Å²) in [6.07, 6.45) is -5.75. The second kappa shape index (κ2) is 9.68. The molecule has 1 aliphatic carbocycles. The van der Waals surface area contributed by atoms with Crippen molar-refractivity contribution in [3.63, 3.8) is 0 Å². The van der Waals surface area contributed by atoms with Crippen molar-refractivity contribution in [1.82, 2.24) is 0 Å². The number of Topliss-reactive ketones (excluding diaryl/α,β-unsaturated/α-hetero) is 1. The Kier molecular flexibility index (Phi) is 6.33. The minimum atomic E-state index is -2.47. The first-order valence-corrected chi connectivity index (χ1v) is 12.9. The molecule has 2 fully saturated rings. The van der Waals surface area contributed by atoms with Crippen molar-refractivity contribution in [3.8, 4) is 62.9 Å². The third-order valence-electron chi connectivity index (χ3n) is 8.16. The fraction of sp³-hybridized carbons (Fsp3) is 0.250. The molecule has 17 nitrogen and oxygen atoms in total. The van der Waals surface area contributed by atoms with Crippen molar-refractivity contribution >= 4 is 17.7 Å². The molecule has 0 amide bonds. The topological polar surface area (TPSA) is 301 Å². The molecule has 1 saturated carbocycles. The summed E-state index contributed by atoms with van der Waals surface area (Å²) in [4.78, 5) is 40.0. The van der Waals surface area contributed by atoms with Crippen molar-refractivity contribution in [1.29, 1.82) is 0 Å². The Hall–Kier alpha value is -5.65. The van der Waals surface area contributed by atoms with Crippen molar-refractivity contribution in [2.45, 2.75) is 24.1 Å². The molecule has 3 aliphatic rings. The summed E-state index contributed by atoms with van der Waals surface area (Å²) in [5.74, 6) is -16.7. The summed E-state index contributed by atoms with van der Waals surface area (Å²) >= 11 is 0. The first-order valence-electron chi connectivity index (χ1n) is 12.9. The highest BCUT2D eigenvalue weighted by atomic mass is 16.7. The van der Waals surface area contributed by atoms with E-state index in [1.807, 2.05) is 0 Å². The summed E-state index contributed by atoms with van der Waals surface area (Å²) in [5, 5.41) is 114. The fourth-order valence-electron chi connectivity index (χ4n) is 5.92. The number of fused-ring (bicyclic) bond motifs is 4. The lowest BCUT2D eigenvalue weighted by molar-refractivity contribution is -0.255. The van der Waals surface area contributed by atoms with E-state index < -0.39 is 140 Å². The van der Waals surface area contributed by atoms with Crippen LogP contribution in [0.4, 0.5) is 0 Å². The molecule has 2 heterocycles. The molecule has 11 N–H and O–H groups in total. The van der Waals surface area contributed by atoms with Crippen LogP contribution in [0.3, 0.4) is 0 Å². The molecule has 236 valence electrons. The maximum atomic E-state index is 14.0. The van der Waals surface area contributed by atoms with E-state index in [9.17, 15) is 70.6 Å². The molecule has 2 aliphatic heterocycles. The number of cyclic esters (lactones) is 1. The Labute approximate surface area is 249 Å². The van der Waals surface area contributed by atoms with Gasteiger partial charge in [-0.05, 0) is 24.3 Å². The molecule has 0 aromatic heterocycles. The molecular weight excluding hydrogens is 608 g/mol. The number of hydrogen-bond donors (Lipinski definition) is 11. The molecule has 3 aromatic carbocycles. The number of aromatic hydroxyl groups is 9. The average Bonchev–Trinajstić information content (AvgIpc) is 3.64. The molecule has 45 heavy (non-hydrogen) atoms. The van der Waals surface area contributed by atoms with Crippen LogP contribution < -0.4 is 0 Å². The summed E-state index contributed by atoms with van der Waals surface area (Å²) in [6.45, 7) is -0.808. The third-order valence-corrected chi connectivity index (χ3v) is 8.16. The second-order valence-corrected chi connectivity index (χ2v) is 10.6. The smallest absolute Gasteiger partial charge is 0.340 e. The van der Waals surface area contributed by atoms with Crippen LogP contribution in [0.15, 0.2) is 24.3 Å². The molecule has 0 spiro atoms. The number of ether oxygens (including phenoxy) is 3. The van der Waals surface area contributed by atoms with Crippen LogP contribution in [0.2, 0.25) is 0 Å². The number of carbonyl (C=O) groups is 3. The van der Waals surface area contributed by atoms with Gasteiger partial charge in [-0.2, -0.15) is 0 Å². The zero-order valence-corrected chi connectivity index (χ0v) is 22.3. The van der Waals surface area contributed by atoms with Crippen LogP contribution in [0, 0.1) is 11.8 Å². The molecule has 0 radical (unpaired) electrons. The molecule has 3 aromatic rings. The standard InChI is InChI=1S/C28H22O17/c29-9-1-6(2-10(30)19(9)34)25(40)45-27-24(39)28(42)16-13(44-27)5-43-26(41)8-4-12(32)21(36)23(38)15(8)14-7(18(33)17(16)28)3-11(31)20(35)22(14)37/h1-4,13,16-17,24,27,29-32,34-39,42H,5H2. The van der Waals surface area contributed by atoms with Gasteiger partial charge in [-0.1, -0.05) is 0 Å². The van der Waals surface area contributed by atoms with E-state index in [2.05, 4.69) is 0 Å². The summed E-state index contributed by atoms with van der Waals surface area (Å²) in [6, 6.07) is 2.67. The second-order valence-electron chi connectivity index (χ2n) is 10.6. The highest BCUT2D eigenvalue weighted by molar-refractivity contribution is 6.12. The number of aliphatic hydroxyl groups is 2. The average molecular weight is 630 g/mol. The van der Waals surface area contributed by atoms with Gasteiger partial charge in [0, 0.05) is 22.6 Å². The van der Waals surface area contributed by atoms with Gasteiger partial charge in [-0.25, -0.2) is 9.59 Å². The molecule has 0 bridgehead atoms. The SMILES string of the molecule is O=C(OC1OC2COC(=O)c3cc(O)c(O)c(O)c3-c3c(cc(O)c(O)c3O)C(=O)C3C2C3(O)C1O)c1cc(O)c(O)c(O)c1. The number of rotatable bonds is 2. The molecule has 1 saturated heterocycles. The van der Waals surface area contributed by atoms with Crippen LogP contribution in [0.5, 0.6) is 51.7 Å². The Balaban J connectivity index is 1.47. The van der Waals surface area contributed by atoms with E-state index >= 15 is 0 Å². The van der Waals surface area contributed by atoms with Gasteiger partial charge >= 0.3 is 11.9 Å². The van der Waals surface area contributed by atoms with Crippen LogP contribution >= 0.6 is 0 Å². The van der Waals surface area contributed by atoms with E-state index in [1.165, 1.54) is 0 Å². The number of ketones is 1. The zero-order valence-electron chi connectivity index (χ0n) is 22.3. The van der Waals surface area contributed by atoms with Crippen LogP contribution in [0.1, 0.15) is 31.1 Å².